The number of aryl methyl sites for hydroxylation is 1. The molecule has 1 aromatic carbocycles. The third-order valence-corrected chi connectivity index (χ3v) is 6.92. The lowest BCUT2D eigenvalue weighted by Gasteiger charge is -2.20. The normalized spacial score (nSPS) is 12.5. The molecule has 9 heteroatoms. The number of hydrogen-bond acceptors (Lipinski definition) is 6. The zero-order valence-electron chi connectivity index (χ0n) is 20.7. The molecule has 0 radical (unpaired) electrons. The Kier molecular flexibility index (Phi) is 7.11. The van der Waals surface area contributed by atoms with Gasteiger partial charge in [0.15, 0.2) is 10.6 Å². The fourth-order valence-corrected chi connectivity index (χ4v) is 5.19. The van der Waals surface area contributed by atoms with Gasteiger partial charge in [-0.2, -0.15) is 0 Å². The number of imidazole rings is 1. The number of carboxylic acid groups (broad SMARTS) is 1. The Morgan fingerprint density at radius 3 is 2.56 bits per heavy atom. The summed E-state index contributed by atoms with van der Waals surface area (Å²) < 4.78 is 13.6. The Morgan fingerprint density at radius 1 is 1.19 bits per heavy atom. The summed E-state index contributed by atoms with van der Waals surface area (Å²) in [5, 5.41) is 10.5. The highest BCUT2D eigenvalue weighted by Crippen LogP contribution is 2.41. The van der Waals surface area contributed by atoms with Crippen LogP contribution in [0.4, 0.5) is 0 Å². The van der Waals surface area contributed by atoms with E-state index in [4.69, 9.17) is 21.1 Å². The molecule has 4 aromatic rings. The SMILES string of the molecule is CCc1cccn2c(-c3cc(OC(C)c4ccccc4Cl)c(C(=O)OC(C)(C)C)s3)c(C(=O)O)nc12. The fourth-order valence-electron chi connectivity index (χ4n) is 3.89. The summed E-state index contributed by atoms with van der Waals surface area (Å²) in [7, 11) is 0. The van der Waals surface area contributed by atoms with Gasteiger partial charge in [0.05, 0.1) is 10.6 Å². The van der Waals surface area contributed by atoms with Gasteiger partial charge in [-0.3, -0.25) is 4.40 Å². The maximum absolute atomic E-state index is 13.2. The molecule has 7 nitrogen and oxygen atoms in total. The van der Waals surface area contributed by atoms with Crippen LogP contribution in [-0.2, 0) is 11.2 Å². The first-order valence-electron chi connectivity index (χ1n) is 11.5. The van der Waals surface area contributed by atoms with Crippen molar-refractivity contribution in [1.82, 2.24) is 9.38 Å². The van der Waals surface area contributed by atoms with Crippen LogP contribution in [0.2, 0.25) is 5.02 Å². The zero-order chi connectivity index (χ0) is 26.2. The van der Waals surface area contributed by atoms with Gasteiger partial charge in [0.25, 0.3) is 0 Å². The first-order chi connectivity index (χ1) is 17.0. The number of esters is 1. The number of nitrogens with zero attached hydrogens (tertiary/aromatic N) is 2. The van der Waals surface area contributed by atoms with Crippen LogP contribution in [0.15, 0.2) is 48.7 Å². The number of fused-ring (bicyclic) bond motifs is 1. The second kappa shape index (κ2) is 9.95. The Labute approximate surface area is 218 Å². The van der Waals surface area contributed by atoms with Gasteiger partial charge >= 0.3 is 11.9 Å². The van der Waals surface area contributed by atoms with Crippen molar-refractivity contribution in [2.45, 2.75) is 52.7 Å². The number of thiophene rings is 1. The van der Waals surface area contributed by atoms with Gasteiger partial charge in [-0.25, -0.2) is 14.6 Å². The quantitative estimate of drug-likeness (QED) is 0.259. The van der Waals surface area contributed by atoms with Crippen LogP contribution in [0.1, 0.15) is 72.0 Å². The molecule has 0 aliphatic carbocycles. The molecule has 0 amide bonds. The van der Waals surface area contributed by atoms with Gasteiger partial charge in [-0.05, 0) is 51.8 Å². The molecular weight excluding hydrogens is 500 g/mol. The van der Waals surface area contributed by atoms with E-state index in [2.05, 4.69) is 4.98 Å². The summed E-state index contributed by atoms with van der Waals surface area (Å²) in [5.41, 5.74) is 1.79. The highest BCUT2D eigenvalue weighted by molar-refractivity contribution is 7.17. The summed E-state index contributed by atoms with van der Waals surface area (Å²) in [6, 6.07) is 12.7. The molecule has 3 heterocycles. The standard InChI is InChI=1S/C27H27ClN2O5S/c1-6-16-10-9-13-30-22(21(25(31)32)29-24(16)30)20-14-19(23(36-20)26(33)35-27(3,4)5)34-15(2)17-11-7-8-12-18(17)28/h7-15H,6H2,1-5H3,(H,31,32). The number of carbonyl (C=O) groups excluding carboxylic acids is 1. The molecule has 1 N–H and O–H groups in total. The van der Waals surface area contributed by atoms with Gasteiger partial charge < -0.3 is 14.6 Å². The van der Waals surface area contributed by atoms with Crippen molar-refractivity contribution >= 4 is 40.5 Å². The zero-order valence-corrected chi connectivity index (χ0v) is 22.2. The lowest BCUT2D eigenvalue weighted by molar-refractivity contribution is 0.00704. The van der Waals surface area contributed by atoms with Crippen molar-refractivity contribution in [3.8, 4) is 16.3 Å². The van der Waals surface area contributed by atoms with Gasteiger partial charge in [0.2, 0.25) is 0 Å². The Hall–Kier alpha value is -3.36. The van der Waals surface area contributed by atoms with E-state index in [1.807, 2.05) is 44.2 Å². The van der Waals surface area contributed by atoms with Crippen LogP contribution < -0.4 is 4.74 Å². The van der Waals surface area contributed by atoms with Crippen molar-refractivity contribution in [3.05, 3.63) is 75.4 Å². The van der Waals surface area contributed by atoms with E-state index in [1.54, 1.807) is 43.5 Å². The van der Waals surface area contributed by atoms with E-state index >= 15 is 0 Å². The molecule has 3 aromatic heterocycles. The highest BCUT2D eigenvalue weighted by atomic mass is 35.5. The minimum Gasteiger partial charge on any atom is -0.484 e. The summed E-state index contributed by atoms with van der Waals surface area (Å²) >= 11 is 7.48. The number of pyridine rings is 1. The van der Waals surface area contributed by atoms with E-state index in [0.717, 1.165) is 22.5 Å². The van der Waals surface area contributed by atoms with Gasteiger partial charge in [-0.15, -0.1) is 11.3 Å². The number of ether oxygens (including phenoxy) is 2. The largest absolute Gasteiger partial charge is 0.484 e. The van der Waals surface area contributed by atoms with Crippen molar-refractivity contribution in [1.29, 1.82) is 0 Å². The van der Waals surface area contributed by atoms with Crippen LogP contribution >= 0.6 is 22.9 Å². The van der Waals surface area contributed by atoms with Gasteiger partial charge in [0, 0.05) is 22.8 Å². The van der Waals surface area contributed by atoms with Crippen LogP contribution in [0.5, 0.6) is 5.75 Å². The van der Waals surface area contributed by atoms with Crippen LogP contribution in [0.25, 0.3) is 16.2 Å². The van der Waals surface area contributed by atoms with Crippen molar-refractivity contribution in [3.63, 3.8) is 0 Å². The Balaban J connectivity index is 1.88. The Morgan fingerprint density at radius 2 is 1.92 bits per heavy atom. The van der Waals surface area contributed by atoms with E-state index in [1.165, 1.54) is 0 Å². The topological polar surface area (TPSA) is 90.1 Å². The van der Waals surface area contributed by atoms with E-state index in [9.17, 15) is 14.7 Å². The monoisotopic (exact) mass is 526 g/mol. The third kappa shape index (κ3) is 5.10. The molecule has 0 fully saturated rings. The molecule has 0 bridgehead atoms. The van der Waals surface area contributed by atoms with E-state index in [-0.39, 0.29) is 16.3 Å². The minimum absolute atomic E-state index is 0.0985. The maximum atomic E-state index is 13.2. The van der Waals surface area contributed by atoms with Gasteiger partial charge in [0.1, 0.15) is 23.1 Å². The van der Waals surface area contributed by atoms with Crippen molar-refractivity contribution in [2.24, 2.45) is 0 Å². The number of carboxylic acids is 1. The van der Waals surface area contributed by atoms with E-state index in [0.29, 0.717) is 27.7 Å². The molecule has 0 spiro atoms. The molecule has 36 heavy (non-hydrogen) atoms. The maximum Gasteiger partial charge on any atom is 0.356 e. The third-order valence-electron chi connectivity index (χ3n) is 5.48. The molecule has 0 saturated carbocycles. The second-order valence-electron chi connectivity index (χ2n) is 9.28. The smallest absolute Gasteiger partial charge is 0.356 e. The average Bonchev–Trinajstić information content (AvgIpc) is 3.39. The van der Waals surface area contributed by atoms with Crippen LogP contribution in [-0.4, -0.2) is 32.0 Å². The second-order valence-corrected chi connectivity index (χ2v) is 10.7. The lowest BCUT2D eigenvalue weighted by Crippen LogP contribution is -2.23. The number of aromatic nitrogens is 2. The lowest BCUT2D eigenvalue weighted by atomic mass is 10.1. The number of aromatic carboxylic acids is 1. The minimum atomic E-state index is -1.16. The summed E-state index contributed by atoms with van der Waals surface area (Å²) in [6.07, 6.45) is 1.98. The van der Waals surface area contributed by atoms with Crippen molar-refractivity contribution in [2.75, 3.05) is 0 Å². The molecule has 1 atom stereocenters. The molecule has 0 aliphatic rings. The van der Waals surface area contributed by atoms with Crippen molar-refractivity contribution < 1.29 is 24.2 Å². The van der Waals surface area contributed by atoms with Crippen LogP contribution in [0.3, 0.4) is 0 Å². The summed E-state index contributed by atoms with van der Waals surface area (Å²) in [5.74, 6) is -1.43. The number of hydrogen-bond donors (Lipinski definition) is 1. The molecule has 0 aliphatic heterocycles. The Bertz CT molecular complexity index is 1450. The number of benzene rings is 1. The summed E-state index contributed by atoms with van der Waals surface area (Å²) in [4.78, 5) is 30.5. The summed E-state index contributed by atoms with van der Waals surface area (Å²) in [6.45, 7) is 9.17. The van der Waals surface area contributed by atoms with E-state index < -0.39 is 23.6 Å². The number of rotatable bonds is 7. The molecule has 0 saturated heterocycles. The fraction of sp³-hybridized carbons (Fsp3) is 0.296. The molecule has 188 valence electrons. The molecular formula is C27H27ClN2O5S. The van der Waals surface area contributed by atoms with Crippen LogP contribution in [0, 0.1) is 0 Å². The average molecular weight is 527 g/mol. The van der Waals surface area contributed by atoms with Gasteiger partial charge in [-0.1, -0.05) is 42.8 Å². The predicted molar refractivity (Wildman–Crippen MR) is 141 cm³/mol. The first kappa shape index (κ1) is 25.7. The molecule has 4 rings (SSSR count). The highest BCUT2D eigenvalue weighted by Gasteiger charge is 2.29. The first-order valence-corrected chi connectivity index (χ1v) is 12.7. The number of halogens is 1. The molecule has 1 unspecified atom stereocenters. The number of carbonyl (C=O) groups is 2. The predicted octanol–water partition coefficient (Wildman–Crippen LogP) is 7.07.